The average Bonchev–Trinajstić information content (AvgIpc) is 2.72. The van der Waals surface area contributed by atoms with Crippen LogP contribution < -0.4 is 10.9 Å². The minimum Gasteiger partial charge on any atom is -0.396 e. The molecule has 7 heteroatoms. The summed E-state index contributed by atoms with van der Waals surface area (Å²) in [5.74, 6) is 2.38. The Bertz CT molecular complexity index is 1010. The summed E-state index contributed by atoms with van der Waals surface area (Å²) >= 11 is 1.34. The number of nitrogens with one attached hydrogen (secondary N) is 1. The van der Waals surface area contributed by atoms with Gasteiger partial charge >= 0.3 is 0 Å². The summed E-state index contributed by atoms with van der Waals surface area (Å²) in [5.41, 5.74) is 0.507. The number of hydrogen-bond donors (Lipinski definition) is 2. The van der Waals surface area contributed by atoms with Crippen molar-refractivity contribution in [3.8, 4) is 0 Å². The van der Waals surface area contributed by atoms with E-state index in [2.05, 4.69) is 5.32 Å². The zero-order valence-electron chi connectivity index (χ0n) is 18.0. The third-order valence-electron chi connectivity index (χ3n) is 7.44. The molecule has 4 aliphatic rings. The van der Waals surface area contributed by atoms with E-state index in [-0.39, 0.29) is 28.9 Å². The number of amides is 1. The maximum absolute atomic E-state index is 13.2. The van der Waals surface area contributed by atoms with Gasteiger partial charge in [0.15, 0.2) is 5.16 Å². The molecule has 31 heavy (non-hydrogen) atoms. The SMILES string of the molecule is C[C@H](Sc1nc2ccccc2c(=O)n1CCCO)C(=O)NC12CC3CC(CC(C3)C1)C2. The van der Waals surface area contributed by atoms with Crippen LogP contribution in [0.1, 0.15) is 51.9 Å². The van der Waals surface area contributed by atoms with Crippen LogP contribution in [0.15, 0.2) is 34.2 Å². The van der Waals surface area contributed by atoms with Gasteiger partial charge in [0.25, 0.3) is 5.56 Å². The zero-order chi connectivity index (χ0) is 21.6. The molecular formula is C24H31N3O3S. The highest BCUT2D eigenvalue weighted by atomic mass is 32.2. The molecular weight excluding hydrogens is 410 g/mol. The summed E-state index contributed by atoms with van der Waals surface area (Å²) in [6.07, 6.45) is 7.88. The molecule has 1 amide bonds. The first-order valence-corrected chi connectivity index (χ1v) is 12.4. The lowest BCUT2D eigenvalue weighted by Crippen LogP contribution is -2.60. The number of carbonyl (C=O) groups excluding carboxylic acids is 1. The van der Waals surface area contributed by atoms with Crippen molar-refractivity contribution in [2.45, 2.75) is 74.4 Å². The monoisotopic (exact) mass is 441 g/mol. The Hall–Kier alpha value is -1.86. The van der Waals surface area contributed by atoms with Crippen molar-refractivity contribution in [3.63, 3.8) is 0 Å². The van der Waals surface area contributed by atoms with Gasteiger partial charge in [-0.3, -0.25) is 14.2 Å². The highest BCUT2D eigenvalue weighted by Crippen LogP contribution is 2.55. The molecule has 6 rings (SSSR count). The molecule has 0 unspecified atom stereocenters. The number of hydrogen-bond acceptors (Lipinski definition) is 5. The Morgan fingerprint density at radius 2 is 1.87 bits per heavy atom. The molecule has 4 bridgehead atoms. The van der Waals surface area contributed by atoms with Gasteiger partial charge in [-0.1, -0.05) is 23.9 Å². The third kappa shape index (κ3) is 4.02. The Balaban J connectivity index is 1.36. The van der Waals surface area contributed by atoms with E-state index in [4.69, 9.17) is 4.98 Å². The lowest BCUT2D eigenvalue weighted by molar-refractivity contribution is -0.126. The fraction of sp³-hybridized carbons (Fsp3) is 0.625. The quantitative estimate of drug-likeness (QED) is 0.509. The van der Waals surface area contributed by atoms with Crippen molar-refractivity contribution >= 4 is 28.6 Å². The molecule has 0 radical (unpaired) electrons. The predicted molar refractivity (Wildman–Crippen MR) is 122 cm³/mol. The average molecular weight is 442 g/mol. The van der Waals surface area contributed by atoms with Gasteiger partial charge in [0.1, 0.15) is 0 Å². The second kappa shape index (κ2) is 8.24. The maximum atomic E-state index is 13.2. The number of aromatic nitrogens is 2. The number of para-hydroxylation sites is 1. The molecule has 2 aromatic rings. The van der Waals surface area contributed by atoms with Gasteiger partial charge < -0.3 is 10.4 Å². The van der Waals surface area contributed by atoms with Crippen molar-refractivity contribution in [2.75, 3.05) is 6.61 Å². The van der Waals surface area contributed by atoms with Crippen molar-refractivity contribution in [3.05, 3.63) is 34.6 Å². The van der Waals surface area contributed by atoms with Crippen LogP contribution in [0.25, 0.3) is 10.9 Å². The molecule has 1 atom stereocenters. The molecule has 166 valence electrons. The molecule has 1 aromatic heterocycles. The first-order valence-electron chi connectivity index (χ1n) is 11.6. The fourth-order valence-corrected chi connectivity index (χ4v) is 7.44. The largest absolute Gasteiger partial charge is 0.396 e. The Kier molecular flexibility index (Phi) is 5.59. The molecule has 4 fully saturated rings. The van der Waals surface area contributed by atoms with E-state index < -0.39 is 0 Å². The van der Waals surface area contributed by atoms with Crippen LogP contribution in [0.3, 0.4) is 0 Å². The molecule has 4 saturated carbocycles. The standard InChI is InChI=1S/C24H31N3O3S/c1-15(21(29)26-24-12-16-9-17(13-24)11-18(10-16)14-24)31-23-25-20-6-3-2-5-19(20)22(30)27(23)7-4-8-28/h2-3,5-6,15-18,28H,4,7-14H2,1H3,(H,26,29)/t15-,16?,17?,18?,24?/m0/s1. The predicted octanol–water partition coefficient (Wildman–Crippen LogP) is 3.34. The number of rotatable bonds is 7. The zero-order valence-corrected chi connectivity index (χ0v) is 18.9. The highest BCUT2D eigenvalue weighted by Gasteiger charge is 2.51. The third-order valence-corrected chi connectivity index (χ3v) is 8.53. The molecule has 0 spiro atoms. The van der Waals surface area contributed by atoms with Gasteiger partial charge in [-0.25, -0.2) is 4.98 Å². The van der Waals surface area contributed by atoms with Crippen molar-refractivity contribution in [1.29, 1.82) is 0 Å². The van der Waals surface area contributed by atoms with E-state index in [9.17, 15) is 14.7 Å². The number of aliphatic hydroxyl groups is 1. The van der Waals surface area contributed by atoms with Crippen LogP contribution in [0.4, 0.5) is 0 Å². The van der Waals surface area contributed by atoms with Crippen LogP contribution in [0.5, 0.6) is 0 Å². The van der Waals surface area contributed by atoms with E-state index in [0.717, 1.165) is 37.0 Å². The second-order valence-electron chi connectivity index (χ2n) is 9.89. The van der Waals surface area contributed by atoms with Crippen LogP contribution >= 0.6 is 11.8 Å². The summed E-state index contributed by atoms with van der Waals surface area (Å²) in [7, 11) is 0. The highest BCUT2D eigenvalue weighted by molar-refractivity contribution is 8.00. The summed E-state index contributed by atoms with van der Waals surface area (Å²) in [5, 5.41) is 13.5. The minimum atomic E-state index is -0.346. The Morgan fingerprint density at radius 1 is 1.23 bits per heavy atom. The molecule has 0 aliphatic heterocycles. The van der Waals surface area contributed by atoms with E-state index in [1.54, 1.807) is 10.6 Å². The minimum absolute atomic E-state index is 0.00539. The summed E-state index contributed by atoms with van der Waals surface area (Å²) in [6.45, 7) is 2.29. The number of aliphatic hydroxyl groups excluding tert-OH is 1. The topological polar surface area (TPSA) is 84.2 Å². The van der Waals surface area contributed by atoms with Crippen molar-refractivity contribution in [1.82, 2.24) is 14.9 Å². The van der Waals surface area contributed by atoms with E-state index in [1.165, 1.54) is 31.0 Å². The Labute approximate surface area is 186 Å². The molecule has 1 aromatic carbocycles. The van der Waals surface area contributed by atoms with E-state index in [1.807, 2.05) is 25.1 Å². The maximum Gasteiger partial charge on any atom is 0.262 e. The first kappa shape index (κ1) is 21.0. The lowest BCUT2D eigenvalue weighted by atomic mass is 9.53. The molecule has 2 N–H and O–H groups in total. The van der Waals surface area contributed by atoms with Gasteiger partial charge in [0.2, 0.25) is 5.91 Å². The van der Waals surface area contributed by atoms with Crippen molar-refractivity contribution in [2.24, 2.45) is 17.8 Å². The molecule has 0 saturated heterocycles. The van der Waals surface area contributed by atoms with Crippen molar-refractivity contribution < 1.29 is 9.90 Å². The van der Waals surface area contributed by atoms with Gasteiger partial charge in [-0.05, 0) is 81.8 Å². The number of carbonyl (C=O) groups is 1. The van der Waals surface area contributed by atoms with Crippen LogP contribution in [-0.2, 0) is 11.3 Å². The number of benzene rings is 1. The molecule has 6 nitrogen and oxygen atoms in total. The first-order chi connectivity index (χ1) is 15.0. The smallest absolute Gasteiger partial charge is 0.262 e. The lowest BCUT2D eigenvalue weighted by Gasteiger charge is -2.57. The van der Waals surface area contributed by atoms with Gasteiger partial charge in [-0.15, -0.1) is 0 Å². The molecule has 4 aliphatic carbocycles. The fourth-order valence-electron chi connectivity index (χ4n) is 6.50. The number of fused-ring (bicyclic) bond motifs is 1. The van der Waals surface area contributed by atoms with Gasteiger partial charge in [0.05, 0.1) is 16.2 Å². The van der Waals surface area contributed by atoms with E-state index >= 15 is 0 Å². The number of nitrogens with zero attached hydrogens (tertiary/aromatic N) is 2. The summed E-state index contributed by atoms with van der Waals surface area (Å²) in [6, 6.07) is 7.30. The van der Waals surface area contributed by atoms with Crippen LogP contribution in [0.2, 0.25) is 0 Å². The van der Waals surface area contributed by atoms with Gasteiger partial charge in [0, 0.05) is 18.7 Å². The van der Waals surface area contributed by atoms with Crippen LogP contribution in [-0.4, -0.2) is 38.0 Å². The molecule has 1 heterocycles. The van der Waals surface area contributed by atoms with Crippen LogP contribution in [0, 0.1) is 17.8 Å². The second-order valence-corrected chi connectivity index (χ2v) is 11.2. The summed E-state index contributed by atoms with van der Waals surface area (Å²) < 4.78 is 1.61. The Morgan fingerprint density at radius 3 is 2.52 bits per heavy atom. The summed E-state index contributed by atoms with van der Waals surface area (Å²) in [4.78, 5) is 31.0. The number of thioether (sulfide) groups is 1. The van der Waals surface area contributed by atoms with Gasteiger partial charge in [-0.2, -0.15) is 0 Å². The van der Waals surface area contributed by atoms with E-state index in [0.29, 0.717) is 29.0 Å². The normalized spacial score (nSPS) is 29.9.